The maximum absolute atomic E-state index is 12.1. The number of ether oxygens (including phenoxy) is 1. The van der Waals surface area contributed by atoms with Crippen molar-refractivity contribution in [2.45, 2.75) is 45.1 Å². The minimum atomic E-state index is -0.843. The van der Waals surface area contributed by atoms with Gasteiger partial charge in [0.1, 0.15) is 0 Å². The van der Waals surface area contributed by atoms with E-state index in [0.717, 1.165) is 24.3 Å². The SMILES string of the molecule is COC(=O)C1(C2(O)CC(C)(C)C2)CCSCC1. The summed E-state index contributed by atoms with van der Waals surface area (Å²) in [5.41, 5.74) is -1.34. The van der Waals surface area contributed by atoms with Gasteiger partial charge in [0.2, 0.25) is 0 Å². The Balaban J connectivity index is 2.25. The Kier molecular flexibility index (Phi) is 3.24. The van der Waals surface area contributed by atoms with E-state index in [0.29, 0.717) is 12.8 Å². The number of methoxy groups -OCH3 is 1. The predicted molar refractivity (Wildman–Crippen MR) is 69.0 cm³/mol. The van der Waals surface area contributed by atoms with Crippen LogP contribution in [0.5, 0.6) is 0 Å². The van der Waals surface area contributed by atoms with Gasteiger partial charge in [-0.1, -0.05) is 13.8 Å². The number of hydrogen-bond donors (Lipinski definition) is 1. The van der Waals surface area contributed by atoms with Crippen LogP contribution in [0.3, 0.4) is 0 Å². The molecule has 98 valence electrons. The summed E-state index contributed by atoms with van der Waals surface area (Å²) in [5.74, 6) is 1.67. The van der Waals surface area contributed by atoms with E-state index < -0.39 is 11.0 Å². The highest BCUT2D eigenvalue weighted by Crippen LogP contribution is 2.60. The number of thioether (sulfide) groups is 1. The molecule has 0 aromatic heterocycles. The molecule has 4 heteroatoms. The molecule has 0 bridgehead atoms. The Morgan fingerprint density at radius 3 is 2.18 bits per heavy atom. The van der Waals surface area contributed by atoms with Gasteiger partial charge in [0.25, 0.3) is 0 Å². The molecule has 1 saturated heterocycles. The smallest absolute Gasteiger partial charge is 0.314 e. The van der Waals surface area contributed by atoms with E-state index in [4.69, 9.17) is 4.74 Å². The molecule has 1 aliphatic carbocycles. The number of hydrogen-bond acceptors (Lipinski definition) is 4. The highest BCUT2D eigenvalue weighted by molar-refractivity contribution is 7.99. The van der Waals surface area contributed by atoms with Gasteiger partial charge in [0.05, 0.1) is 18.1 Å². The molecular formula is C13H22O3S. The summed E-state index contributed by atoms with van der Waals surface area (Å²) in [6.45, 7) is 4.29. The van der Waals surface area contributed by atoms with Crippen molar-refractivity contribution in [2.24, 2.45) is 10.8 Å². The van der Waals surface area contributed by atoms with Gasteiger partial charge in [0.15, 0.2) is 0 Å². The minimum Gasteiger partial charge on any atom is -0.469 e. The summed E-state index contributed by atoms with van der Waals surface area (Å²) >= 11 is 1.86. The fraction of sp³-hybridized carbons (Fsp3) is 0.923. The molecule has 2 fully saturated rings. The Labute approximate surface area is 107 Å². The van der Waals surface area contributed by atoms with Crippen LogP contribution in [0.15, 0.2) is 0 Å². The van der Waals surface area contributed by atoms with Gasteiger partial charge in [-0.15, -0.1) is 0 Å². The van der Waals surface area contributed by atoms with Crippen molar-refractivity contribution >= 4 is 17.7 Å². The maximum Gasteiger partial charge on any atom is 0.314 e. The number of esters is 1. The van der Waals surface area contributed by atoms with E-state index in [2.05, 4.69) is 13.8 Å². The fourth-order valence-corrected chi connectivity index (χ4v) is 4.83. The zero-order valence-corrected chi connectivity index (χ0v) is 11.7. The topological polar surface area (TPSA) is 46.5 Å². The largest absolute Gasteiger partial charge is 0.469 e. The maximum atomic E-state index is 12.1. The van der Waals surface area contributed by atoms with Crippen LogP contribution in [-0.2, 0) is 9.53 Å². The lowest BCUT2D eigenvalue weighted by Crippen LogP contribution is -2.64. The van der Waals surface area contributed by atoms with Crippen LogP contribution in [0.1, 0.15) is 39.5 Å². The second-order valence-electron chi connectivity index (χ2n) is 6.24. The molecule has 0 amide bonds. The van der Waals surface area contributed by atoms with Gasteiger partial charge in [0, 0.05) is 0 Å². The molecule has 0 unspecified atom stereocenters. The van der Waals surface area contributed by atoms with Crippen molar-refractivity contribution < 1.29 is 14.6 Å². The van der Waals surface area contributed by atoms with Gasteiger partial charge in [-0.3, -0.25) is 4.79 Å². The average Bonchev–Trinajstić information content (AvgIpc) is 2.26. The molecular weight excluding hydrogens is 236 g/mol. The first-order valence-electron chi connectivity index (χ1n) is 6.24. The lowest BCUT2D eigenvalue weighted by atomic mass is 9.50. The zero-order valence-electron chi connectivity index (χ0n) is 10.9. The normalized spacial score (nSPS) is 29.2. The van der Waals surface area contributed by atoms with Crippen LogP contribution in [0.25, 0.3) is 0 Å². The monoisotopic (exact) mass is 258 g/mol. The second kappa shape index (κ2) is 4.16. The Bertz CT molecular complexity index is 311. The summed E-state index contributed by atoms with van der Waals surface area (Å²) in [6, 6.07) is 0. The number of rotatable bonds is 2. The lowest BCUT2D eigenvalue weighted by molar-refractivity contribution is -0.214. The van der Waals surface area contributed by atoms with E-state index in [1.807, 2.05) is 11.8 Å². The average molecular weight is 258 g/mol. The van der Waals surface area contributed by atoms with Gasteiger partial charge < -0.3 is 9.84 Å². The van der Waals surface area contributed by atoms with Crippen molar-refractivity contribution in [1.29, 1.82) is 0 Å². The third-order valence-electron chi connectivity index (χ3n) is 4.36. The van der Waals surface area contributed by atoms with Gasteiger partial charge in [-0.25, -0.2) is 0 Å². The van der Waals surface area contributed by atoms with E-state index >= 15 is 0 Å². The summed E-state index contributed by atoms with van der Waals surface area (Å²) in [5, 5.41) is 10.8. The van der Waals surface area contributed by atoms with E-state index in [9.17, 15) is 9.90 Å². The van der Waals surface area contributed by atoms with Crippen LogP contribution in [0.2, 0.25) is 0 Å². The molecule has 0 atom stereocenters. The number of carbonyl (C=O) groups is 1. The summed E-state index contributed by atoms with van der Waals surface area (Å²) in [4.78, 5) is 12.1. The summed E-state index contributed by atoms with van der Waals surface area (Å²) in [7, 11) is 1.43. The zero-order chi connectivity index (χ0) is 12.7. The van der Waals surface area contributed by atoms with E-state index in [1.54, 1.807) is 0 Å². The Morgan fingerprint density at radius 1 is 1.24 bits per heavy atom. The highest BCUT2D eigenvalue weighted by Gasteiger charge is 2.64. The van der Waals surface area contributed by atoms with Crippen molar-refractivity contribution in [1.82, 2.24) is 0 Å². The Morgan fingerprint density at radius 2 is 1.76 bits per heavy atom. The summed E-state index contributed by atoms with van der Waals surface area (Å²) in [6.07, 6.45) is 2.91. The van der Waals surface area contributed by atoms with Crippen molar-refractivity contribution in [3.63, 3.8) is 0 Å². The first kappa shape index (κ1) is 13.2. The van der Waals surface area contributed by atoms with Gasteiger partial charge >= 0.3 is 5.97 Å². The third kappa shape index (κ3) is 1.99. The molecule has 1 saturated carbocycles. The summed E-state index contributed by atoms with van der Waals surface area (Å²) < 4.78 is 4.98. The molecule has 3 nitrogen and oxygen atoms in total. The van der Waals surface area contributed by atoms with Crippen molar-refractivity contribution in [3.8, 4) is 0 Å². The first-order chi connectivity index (χ1) is 7.85. The van der Waals surface area contributed by atoms with Crippen molar-refractivity contribution in [2.75, 3.05) is 18.6 Å². The minimum absolute atomic E-state index is 0.153. The Hall–Kier alpha value is -0.220. The predicted octanol–water partition coefficient (Wildman–Crippen LogP) is 2.22. The molecule has 1 heterocycles. The lowest BCUT2D eigenvalue weighted by Gasteiger charge is -2.59. The second-order valence-corrected chi connectivity index (χ2v) is 7.46. The standard InChI is InChI=1S/C13H22O3S/c1-11(2)8-13(15,9-11)12(10(14)16-3)4-6-17-7-5-12/h15H,4-9H2,1-3H3. The molecule has 0 aromatic carbocycles. The first-order valence-corrected chi connectivity index (χ1v) is 7.39. The van der Waals surface area contributed by atoms with E-state index in [-0.39, 0.29) is 11.4 Å². The number of carbonyl (C=O) groups excluding carboxylic acids is 1. The molecule has 17 heavy (non-hydrogen) atoms. The molecule has 1 aliphatic heterocycles. The van der Waals surface area contributed by atoms with Gasteiger partial charge in [-0.05, 0) is 42.6 Å². The number of aliphatic hydroxyl groups is 1. The van der Waals surface area contributed by atoms with Crippen LogP contribution in [-0.4, -0.2) is 35.3 Å². The van der Waals surface area contributed by atoms with Crippen LogP contribution in [0, 0.1) is 10.8 Å². The molecule has 2 rings (SSSR count). The van der Waals surface area contributed by atoms with Crippen molar-refractivity contribution in [3.05, 3.63) is 0 Å². The van der Waals surface area contributed by atoms with E-state index in [1.165, 1.54) is 7.11 Å². The molecule has 0 aromatic rings. The highest BCUT2D eigenvalue weighted by atomic mass is 32.2. The van der Waals surface area contributed by atoms with Crippen LogP contribution >= 0.6 is 11.8 Å². The quantitative estimate of drug-likeness (QED) is 0.772. The molecule has 0 spiro atoms. The van der Waals surface area contributed by atoms with Gasteiger partial charge in [-0.2, -0.15) is 11.8 Å². The van der Waals surface area contributed by atoms with Crippen LogP contribution in [0.4, 0.5) is 0 Å². The fourth-order valence-electron chi connectivity index (χ4n) is 3.64. The third-order valence-corrected chi connectivity index (χ3v) is 5.34. The molecule has 1 N–H and O–H groups in total. The van der Waals surface area contributed by atoms with Crippen LogP contribution < -0.4 is 0 Å². The molecule has 0 radical (unpaired) electrons. The molecule has 2 aliphatic rings.